The summed E-state index contributed by atoms with van der Waals surface area (Å²) in [5.41, 5.74) is 1.29. The molecule has 1 N–H and O–H groups in total. The summed E-state index contributed by atoms with van der Waals surface area (Å²) in [4.78, 5) is 2.30. The number of hydrogen-bond acceptors (Lipinski definition) is 3. The summed E-state index contributed by atoms with van der Waals surface area (Å²) < 4.78 is 5.55. The summed E-state index contributed by atoms with van der Waals surface area (Å²) >= 11 is 0. The molecular formula is C13H19NO2. The van der Waals surface area contributed by atoms with E-state index in [-0.39, 0.29) is 18.8 Å². The van der Waals surface area contributed by atoms with E-state index in [9.17, 15) is 5.11 Å². The Kier molecular flexibility index (Phi) is 3.93. The molecule has 88 valence electrons. The highest BCUT2D eigenvalue weighted by Crippen LogP contribution is 2.15. The first-order valence-corrected chi connectivity index (χ1v) is 5.80. The van der Waals surface area contributed by atoms with Crippen LogP contribution < -0.4 is 0 Å². The fourth-order valence-corrected chi connectivity index (χ4v) is 2.09. The van der Waals surface area contributed by atoms with E-state index in [4.69, 9.17) is 4.74 Å². The molecule has 1 aromatic rings. The molecule has 1 heterocycles. The SMILES string of the molecule is CC1CN(Cc2ccccc2)C(CO)CO1. The van der Waals surface area contributed by atoms with Gasteiger partial charge < -0.3 is 9.84 Å². The molecule has 0 spiro atoms. The Morgan fingerprint density at radius 3 is 2.81 bits per heavy atom. The van der Waals surface area contributed by atoms with Gasteiger partial charge in [-0.25, -0.2) is 0 Å². The Balaban J connectivity index is 2.01. The van der Waals surface area contributed by atoms with Gasteiger partial charge >= 0.3 is 0 Å². The first kappa shape index (κ1) is 11.6. The van der Waals surface area contributed by atoms with E-state index in [2.05, 4.69) is 24.0 Å². The summed E-state index contributed by atoms with van der Waals surface area (Å²) in [6.45, 7) is 4.65. The second-order valence-corrected chi connectivity index (χ2v) is 4.40. The van der Waals surface area contributed by atoms with Crippen LogP contribution in [0.4, 0.5) is 0 Å². The lowest BCUT2D eigenvalue weighted by Crippen LogP contribution is -2.49. The van der Waals surface area contributed by atoms with Crippen LogP contribution in [0, 0.1) is 0 Å². The largest absolute Gasteiger partial charge is 0.395 e. The maximum Gasteiger partial charge on any atom is 0.0674 e. The summed E-state index contributed by atoms with van der Waals surface area (Å²) in [5, 5.41) is 9.30. The van der Waals surface area contributed by atoms with E-state index in [0.29, 0.717) is 6.61 Å². The van der Waals surface area contributed by atoms with Crippen LogP contribution in [0.15, 0.2) is 30.3 Å². The molecule has 2 rings (SSSR count). The molecular weight excluding hydrogens is 202 g/mol. The van der Waals surface area contributed by atoms with Crippen LogP contribution in [0.25, 0.3) is 0 Å². The van der Waals surface area contributed by atoms with E-state index in [1.165, 1.54) is 5.56 Å². The van der Waals surface area contributed by atoms with Gasteiger partial charge in [-0.1, -0.05) is 30.3 Å². The van der Waals surface area contributed by atoms with Crippen LogP contribution in [0.3, 0.4) is 0 Å². The van der Waals surface area contributed by atoms with Crippen LogP contribution in [0.5, 0.6) is 0 Å². The van der Waals surface area contributed by atoms with Crippen molar-refractivity contribution in [3.05, 3.63) is 35.9 Å². The van der Waals surface area contributed by atoms with Gasteiger partial charge in [-0.15, -0.1) is 0 Å². The molecule has 1 aliphatic heterocycles. The highest BCUT2D eigenvalue weighted by atomic mass is 16.5. The summed E-state index contributed by atoms with van der Waals surface area (Å²) in [5.74, 6) is 0. The summed E-state index contributed by atoms with van der Waals surface area (Å²) in [6, 6.07) is 10.5. The van der Waals surface area contributed by atoms with Gasteiger partial charge in [-0.2, -0.15) is 0 Å². The maximum absolute atomic E-state index is 9.30. The van der Waals surface area contributed by atoms with E-state index < -0.39 is 0 Å². The average Bonchev–Trinajstić information content (AvgIpc) is 2.31. The number of aliphatic hydroxyl groups excluding tert-OH is 1. The molecule has 2 atom stereocenters. The number of ether oxygens (including phenoxy) is 1. The van der Waals surface area contributed by atoms with Crippen LogP contribution in [-0.2, 0) is 11.3 Å². The molecule has 16 heavy (non-hydrogen) atoms. The zero-order valence-corrected chi connectivity index (χ0v) is 9.67. The predicted molar refractivity (Wildman–Crippen MR) is 63.1 cm³/mol. The predicted octanol–water partition coefficient (Wildman–Crippen LogP) is 1.27. The van der Waals surface area contributed by atoms with Crippen LogP contribution in [-0.4, -0.2) is 41.9 Å². The van der Waals surface area contributed by atoms with Crippen molar-refractivity contribution in [3.8, 4) is 0 Å². The fourth-order valence-electron chi connectivity index (χ4n) is 2.09. The zero-order chi connectivity index (χ0) is 11.4. The Hall–Kier alpha value is -0.900. The average molecular weight is 221 g/mol. The van der Waals surface area contributed by atoms with Crippen molar-refractivity contribution in [1.82, 2.24) is 4.90 Å². The molecule has 1 saturated heterocycles. The molecule has 1 aliphatic rings. The van der Waals surface area contributed by atoms with Crippen molar-refractivity contribution in [2.75, 3.05) is 19.8 Å². The Bertz CT molecular complexity index is 315. The van der Waals surface area contributed by atoms with Gasteiger partial charge in [-0.3, -0.25) is 4.90 Å². The second-order valence-electron chi connectivity index (χ2n) is 4.40. The summed E-state index contributed by atoms with van der Waals surface area (Å²) in [7, 11) is 0. The van der Waals surface area contributed by atoms with E-state index in [0.717, 1.165) is 13.1 Å². The Morgan fingerprint density at radius 1 is 1.38 bits per heavy atom. The third kappa shape index (κ3) is 2.82. The molecule has 0 radical (unpaired) electrons. The van der Waals surface area contributed by atoms with Crippen molar-refractivity contribution in [2.45, 2.75) is 25.6 Å². The Morgan fingerprint density at radius 2 is 2.12 bits per heavy atom. The van der Waals surface area contributed by atoms with E-state index in [1.54, 1.807) is 0 Å². The van der Waals surface area contributed by atoms with Gasteiger partial charge in [0.15, 0.2) is 0 Å². The molecule has 0 aliphatic carbocycles. The van der Waals surface area contributed by atoms with E-state index in [1.807, 2.05) is 18.2 Å². The van der Waals surface area contributed by atoms with Crippen LogP contribution >= 0.6 is 0 Å². The lowest BCUT2D eigenvalue weighted by molar-refractivity contribution is -0.0721. The monoisotopic (exact) mass is 221 g/mol. The van der Waals surface area contributed by atoms with Crippen molar-refractivity contribution in [1.29, 1.82) is 0 Å². The minimum atomic E-state index is 0.136. The van der Waals surface area contributed by atoms with Crippen molar-refractivity contribution < 1.29 is 9.84 Å². The second kappa shape index (κ2) is 5.43. The molecule has 1 aromatic carbocycles. The number of rotatable bonds is 3. The zero-order valence-electron chi connectivity index (χ0n) is 9.67. The standard InChI is InChI=1S/C13H19NO2/c1-11-7-14(13(9-15)10-16-11)8-12-5-3-2-4-6-12/h2-6,11,13,15H,7-10H2,1H3. The van der Waals surface area contributed by atoms with Gasteiger partial charge in [0, 0.05) is 13.1 Å². The quantitative estimate of drug-likeness (QED) is 0.834. The van der Waals surface area contributed by atoms with Gasteiger partial charge in [0.05, 0.1) is 25.4 Å². The lowest BCUT2D eigenvalue weighted by Gasteiger charge is -2.37. The lowest BCUT2D eigenvalue weighted by atomic mass is 10.1. The first-order valence-electron chi connectivity index (χ1n) is 5.80. The maximum atomic E-state index is 9.30. The van der Waals surface area contributed by atoms with Crippen molar-refractivity contribution in [3.63, 3.8) is 0 Å². The summed E-state index contributed by atoms with van der Waals surface area (Å²) in [6.07, 6.45) is 0.256. The van der Waals surface area contributed by atoms with E-state index >= 15 is 0 Å². The molecule has 1 fully saturated rings. The number of morpholine rings is 1. The van der Waals surface area contributed by atoms with Gasteiger partial charge in [0.1, 0.15) is 0 Å². The molecule has 0 bridgehead atoms. The van der Waals surface area contributed by atoms with Gasteiger partial charge in [0.25, 0.3) is 0 Å². The van der Waals surface area contributed by atoms with Gasteiger partial charge in [0.2, 0.25) is 0 Å². The Labute approximate surface area is 96.6 Å². The third-order valence-electron chi connectivity index (χ3n) is 3.02. The highest BCUT2D eigenvalue weighted by molar-refractivity contribution is 5.14. The normalized spacial score (nSPS) is 26.9. The third-order valence-corrected chi connectivity index (χ3v) is 3.02. The minimum absolute atomic E-state index is 0.136. The molecule has 0 amide bonds. The van der Waals surface area contributed by atoms with Crippen LogP contribution in [0.1, 0.15) is 12.5 Å². The number of nitrogens with zero attached hydrogens (tertiary/aromatic N) is 1. The molecule has 0 saturated carbocycles. The topological polar surface area (TPSA) is 32.7 Å². The molecule has 2 unspecified atom stereocenters. The number of benzene rings is 1. The highest BCUT2D eigenvalue weighted by Gasteiger charge is 2.25. The smallest absolute Gasteiger partial charge is 0.0674 e. The minimum Gasteiger partial charge on any atom is -0.395 e. The number of hydrogen-bond donors (Lipinski definition) is 1. The van der Waals surface area contributed by atoms with Crippen LogP contribution in [0.2, 0.25) is 0 Å². The van der Waals surface area contributed by atoms with Crippen molar-refractivity contribution >= 4 is 0 Å². The molecule has 3 heteroatoms. The van der Waals surface area contributed by atoms with Gasteiger partial charge in [-0.05, 0) is 12.5 Å². The van der Waals surface area contributed by atoms with Crippen molar-refractivity contribution in [2.24, 2.45) is 0 Å². The molecule has 3 nitrogen and oxygen atoms in total. The molecule has 0 aromatic heterocycles. The first-order chi connectivity index (χ1) is 7.79. The fraction of sp³-hybridized carbons (Fsp3) is 0.538. The number of aliphatic hydroxyl groups is 1.